The molecule has 0 aliphatic carbocycles. The van der Waals surface area contributed by atoms with Crippen LogP contribution in [0.25, 0.3) is 6.08 Å². The normalized spacial score (nSPS) is 24.2. The lowest BCUT2D eigenvalue weighted by molar-refractivity contribution is -0.116. The van der Waals surface area contributed by atoms with Crippen molar-refractivity contribution < 1.29 is 19.7 Å². The maximum Gasteiger partial charge on any atom is 0.330 e. The maximum atomic E-state index is 11.9. The molecule has 1 fully saturated rings. The molecule has 3 atom stereocenters. The number of carbonyl (C=O) groups is 1. The fraction of sp³-hybridized carbons (Fsp3) is 0.500. The van der Waals surface area contributed by atoms with Crippen LogP contribution >= 0.6 is 0 Å². The number of nitrogens with one attached hydrogen (secondary N) is 2. The quantitative estimate of drug-likeness (QED) is 0.478. The molecule has 9 heteroatoms. The van der Waals surface area contributed by atoms with E-state index in [9.17, 15) is 19.5 Å². The summed E-state index contributed by atoms with van der Waals surface area (Å²) >= 11 is 0. The number of aromatic nitrogens is 2. The SMILES string of the molecule is CCNC(=O)/C=C/c1cn([C@H]2C[C@@H](O)C(CO)O2)c(=O)[nH]c1=O. The van der Waals surface area contributed by atoms with Gasteiger partial charge >= 0.3 is 5.69 Å². The minimum atomic E-state index is -0.904. The van der Waals surface area contributed by atoms with Crippen molar-refractivity contribution in [1.29, 1.82) is 0 Å². The number of hydrogen-bond acceptors (Lipinski definition) is 6. The number of nitrogens with zero attached hydrogens (tertiary/aromatic N) is 1. The third-order valence-electron chi connectivity index (χ3n) is 3.45. The predicted molar refractivity (Wildman–Crippen MR) is 80.7 cm³/mol. The van der Waals surface area contributed by atoms with E-state index in [1.165, 1.54) is 18.3 Å². The van der Waals surface area contributed by atoms with Gasteiger partial charge in [-0.1, -0.05) is 0 Å². The van der Waals surface area contributed by atoms with Crippen molar-refractivity contribution >= 4 is 12.0 Å². The third kappa shape index (κ3) is 3.95. The number of aromatic amines is 1. The lowest BCUT2D eigenvalue weighted by atomic mass is 10.2. The molecule has 0 spiro atoms. The Morgan fingerprint density at radius 2 is 2.30 bits per heavy atom. The predicted octanol–water partition coefficient (Wildman–Crippen LogP) is -1.67. The van der Waals surface area contributed by atoms with Gasteiger partial charge in [0, 0.05) is 25.2 Å². The number of aliphatic hydroxyl groups is 2. The Hall–Kier alpha value is -2.23. The summed E-state index contributed by atoms with van der Waals surface area (Å²) < 4.78 is 6.51. The number of amides is 1. The number of ether oxygens (including phenoxy) is 1. The molecule has 1 amide bonds. The van der Waals surface area contributed by atoms with Crippen LogP contribution in [0.5, 0.6) is 0 Å². The fourth-order valence-electron chi connectivity index (χ4n) is 2.28. The van der Waals surface area contributed by atoms with Gasteiger partial charge in [0.2, 0.25) is 5.91 Å². The van der Waals surface area contributed by atoms with Crippen LogP contribution in [0.4, 0.5) is 0 Å². The second-order valence-electron chi connectivity index (χ2n) is 5.09. The highest BCUT2D eigenvalue weighted by atomic mass is 16.5. The van der Waals surface area contributed by atoms with Gasteiger partial charge in [-0.15, -0.1) is 0 Å². The highest BCUT2D eigenvalue weighted by Gasteiger charge is 2.35. The Kier molecular flexibility index (Phi) is 5.48. The molecule has 4 N–H and O–H groups in total. The molecular weight excluding hydrogens is 306 g/mol. The van der Waals surface area contributed by atoms with Gasteiger partial charge < -0.3 is 20.3 Å². The van der Waals surface area contributed by atoms with Crippen LogP contribution in [0, 0.1) is 0 Å². The summed E-state index contributed by atoms with van der Waals surface area (Å²) in [5, 5.41) is 21.4. The van der Waals surface area contributed by atoms with Crippen molar-refractivity contribution in [2.75, 3.05) is 13.2 Å². The van der Waals surface area contributed by atoms with Crippen molar-refractivity contribution in [2.24, 2.45) is 0 Å². The van der Waals surface area contributed by atoms with Crippen LogP contribution in [0.3, 0.4) is 0 Å². The topological polar surface area (TPSA) is 134 Å². The van der Waals surface area contributed by atoms with Gasteiger partial charge in [0.25, 0.3) is 5.56 Å². The zero-order valence-electron chi connectivity index (χ0n) is 12.6. The van der Waals surface area contributed by atoms with Crippen molar-refractivity contribution in [3.8, 4) is 0 Å². The summed E-state index contributed by atoms with van der Waals surface area (Å²) in [6.07, 6.45) is 1.35. The first kappa shape index (κ1) is 17.1. The van der Waals surface area contributed by atoms with E-state index in [4.69, 9.17) is 9.84 Å². The van der Waals surface area contributed by atoms with Crippen LogP contribution in [-0.2, 0) is 9.53 Å². The van der Waals surface area contributed by atoms with E-state index in [1.807, 2.05) is 0 Å². The molecule has 0 saturated carbocycles. The van der Waals surface area contributed by atoms with Gasteiger partial charge in [0.15, 0.2) is 0 Å². The Labute approximate surface area is 131 Å². The van der Waals surface area contributed by atoms with Crippen LogP contribution in [0.2, 0.25) is 0 Å². The molecule has 0 bridgehead atoms. The standard InChI is InChI=1S/C14H19N3O6/c1-2-15-11(20)4-3-8-6-17(14(22)16-13(8)21)12-5-9(19)10(7-18)23-12/h3-4,6,9-10,12,18-19H,2,5,7H2,1H3,(H,15,20)(H,16,21,22)/b4-3+/t9-,10?,12-/m1/s1. The summed E-state index contributed by atoms with van der Waals surface area (Å²) in [5.41, 5.74) is -1.23. The molecule has 1 saturated heterocycles. The largest absolute Gasteiger partial charge is 0.394 e. The van der Waals surface area contributed by atoms with E-state index >= 15 is 0 Å². The first-order chi connectivity index (χ1) is 11.0. The fourth-order valence-corrected chi connectivity index (χ4v) is 2.28. The Morgan fingerprint density at radius 3 is 2.91 bits per heavy atom. The minimum absolute atomic E-state index is 0.0985. The first-order valence-corrected chi connectivity index (χ1v) is 7.22. The lowest BCUT2D eigenvalue weighted by Gasteiger charge is -2.14. The van der Waals surface area contributed by atoms with E-state index in [1.54, 1.807) is 6.92 Å². The minimum Gasteiger partial charge on any atom is -0.394 e. The van der Waals surface area contributed by atoms with E-state index < -0.39 is 29.7 Å². The van der Waals surface area contributed by atoms with Crippen LogP contribution < -0.4 is 16.6 Å². The van der Waals surface area contributed by atoms with Crippen molar-refractivity contribution in [1.82, 2.24) is 14.9 Å². The van der Waals surface area contributed by atoms with E-state index in [0.717, 1.165) is 4.57 Å². The van der Waals surface area contributed by atoms with Gasteiger partial charge in [0.05, 0.1) is 18.3 Å². The lowest BCUT2D eigenvalue weighted by Crippen LogP contribution is -2.33. The zero-order valence-corrected chi connectivity index (χ0v) is 12.6. The molecule has 1 aromatic rings. The Bertz CT molecular complexity index is 707. The molecule has 1 aliphatic rings. The van der Waals surface area contributed by atoms with Crippen molar-refractivity contribution in [3.05, 3.63) is 38.7 Å². The Balaban J connectivity index is 2.29. The summed E-state index contributed by atoms with van der Waals surface area (Å²) in [5.74, 6) is -0.363. The number of hydrogen-bond donors (Lipinski definition) is 4. The molecule has 9 nitrogen and oxygen atoms in total. The van der Waals surface area contributed by atoms with Crippen molar-refractivity contribution in [3.63, 3.8) is 0 Å². The average Bonchev–Trinajstić information content (AvgIpc) is 2.87. The van der Waals surface area contributed by atoms with Gasteiger partial charge in [-0.25, -0.2) is 4.79 Å². The molecule has 1 aliphatic heterocycles. The van der Waals surface area contributed by atoms with Gasteiger partial charge in [-0.3, -0.25) is 19.1 Å². The van der Waals surface area contributed by atoms with Gasteiger partial charge in [-0.05, 0) is 13.0 Å². The number of rotatable bonds is 5. The molecule has 2 heterocycles. The first-order valence-electron chi connectivity index (χ1n) is 7.22. The Morgan fingerprint density at radius 1 is 1.57 bits per heavy atom. The van der Waals surface area contributed by atoms with Crippen LogP contribution in [0.15, 0.2) is 21.9 Å². The molecule has 2 rings (SSSR count). The molecule has 0 radical (unpaired) electrons. The monoisotopic (exact) mass is 325 g/mol. The average molecular weight is 325 g/mol. The van der Waals surface area contributed by atoms with E-state index in [0.29, 0.717) is 6.54 Å². The summed E-state index contributed by atoms with van der Waals surface area (Å²) in [6.45, 7) is 1.84. The summed E-state index contributed by atoms with van der Waals surface area (Å²) in [4.78, 5) is 37.2. The summed E-state index contributed by atoms with van der Waals surface area (Å²) in [7, 11) is 0. The van der Waals surface area contributed by atoms with E-state index in [-0.39, 0.29) is 24.5 Å². The maximum absolute atomic E-state index is 11.9. The number of H-pyrrole nitrogens is 1. The van der Waals surface area contributed by atoms with Crippen LogP contribution in [0.1, 0.15) is 25.1 Å². The molecule has 126 valence electrons. The number of likely N-dealkylation sites (N-methyl/N-ethyl adjacent to an activating group) is 1. The summed E-state index contributed by atoms with van der Waals surface area (Å²) in [6, 6.07) is 0. The molecule has 1 unspecified atom stereocenters. The molecule has 23 heavy (non-hydrogen) atoms. The van der Waals surface area contributed by atoms with E-state index in [2.05, 4.69) is 10.3 Å². The highest BCUT2D eigenvalue weighted by Crippen LogP contribution is 2.27. The number of aliphatic hydroxyl groups excluding tert-OH is 2. The molecule has 0 aromatic carbocycles. The van der Waals surface area contributed by atoms with Crippen LogP contribution in [-0.4, -0.2) is 51.0 Å². The highest BCUT2D eigenvalue weighted by molar-refractivity contribution is 5.91. The molecule has 1 aromatic heterocycles. The second kappa shape index (κ2) is 7.36. The van der Waals surface area contributed by atoms with Gasteiger partial charge in [0.1, 0.15) is 12.3 Å². The van der Waals surface area contributed by atoms with Crippen molar-refractivity contribution in [2.45, 2.75) is 31.8 Å². The zero-order chi connectivity index (χ0) is 17.0. The third-order valence-corrected chi connectivity index (χ3v) is 3.45. The number of carbonyl (C=O) groups excluding carboxylic acids is 1. The smallest absolute Gasteiger partial charge is 0.330 e. The van der Waals surface area contributed by atoms with Gasteiger partial charge in [-0.2, -0.15) is 0 Å². The second-order valence-corrected chi connectivity index (χ2v) is 5.09. The molecular formula is C14H19N3O6.